The Balaban J connectivity index is 1.37. The highest BCUT2D eigenvalue weighted by Gasteiger charge is 2.28. The monoisotopic (exact) mass is 516 g/mol. The number of halogens is 2. The lowest BCUT2D eigenvalue weighted by Crippen LogP contribution is -2.38. The van der Waals surface area contributed by atoms with Crippen LogP contribution in [0.3, 0.4) is 0 Å². The number of benzene rings is 2. The van der Waals surface area contributed by atoms with Gasteiger partial charge < -0.3 is 10.2 Å². The largest absolute Gasteiger partial charge is 0.322 e. The number of nitrogens with zero attached hydrogens (tertiary/aromatic N) is 1. The Kier molecular flexibility index (Phi) is 6.38. The molecule has 0 spiro atoms. The number of anilines is 1. The molecule has 2 fully saturated rings. The van der Waals surface area contributed by atoms with Gasteiger partial charge in [0.25, 0.3) is 5.91 Å². The SMILES string of the molecule is O=C(Nc1ccc2scc(C3CCC4CCCCN4CC3)c2c1)c1ccc(Br)c(Cl)c1. The molecule has 0 aliphatic carbocycles. The van der Waals surface area contributed by atoms with Crippen molar-refractivity contribution in [2.75, 3.05) is 18.4 Å². The molecule has 0 saturated carbocycles. The molecule has 1 N–H and O–H groups in total. The van der Waals surface area contributed by atoms with Gasteiger partial charge in [-0.15, -0.1) is 11.3 Å². The maximum absolute atomic E-state index is 12.7. The zero-order valence-electron chi connectivity index (χ0n) is 17.4. The fraction of sp³-hybridized carbons (Fsp3) is 0.400. The van der Waals surface area contributed by atoms with E-state index in [4.69, 9.17) is 11.6 Å². The number of carbonyl (C=O) groups is 1. The number of nitrogens with one attached hydrogen (secondary N) is 1. The van der Waals surface area contributed by atoms with Gasteiger partial charge in [0, 0.05) is 26.5 Å². The third-order valence-electron chi connectivity index (χ3n) is 6.85. The molecule has 1 amide bonds. The van der Waals surface area contributed by atoms with Gasteiger partial charge in [-0.1, -0.05) is 18.0 Å². The van der Waals surface area contributed by atoms with E-state index in [0.717, 1.165) is 16.2 Å². The number of carbonyl (C=O) groups excluding carboxylic acids is 1. The molecule has 1 aromatic heterocycles. The van der Waals surface area contributed by atoms with E-state index in [0.29, 0.717) is 16.5 Å². The Hall–Kier alpha value is -1.40. The van der Waals surface area contributed by atoms with Gasteiger partial charge in [0.15, 0.2) is 0 Å². The van der Waals surface area contributed by atoms with Crippen LogP contribution in [0.1, 0.15) is 60.4 Å². The molecule has 2 aromatic carbocycles. The summed E-state index contributed by atoms with van der Waals surface area (Å²) in [4.78, 5) is 15.5. The molecule has 3 nitrogen and oxygen atoms in total. The predicted octanol–water partition coefficient (Wildman–Crippen LogP) is 7.69. The second-order valence-electron chi connectivity index (χ2n) is 8.73. The maximum Gasteiger partial charge on any atom is 0.255 e. The number of hydrogen-bond acceptors (Lipinski definition) is 3. The first kappa shape index (κ1) is 21.4. The van der Waals surface area contributed by atoms with Crippen LogP contribution in [0.2, 0.25) is 5.02 Å². The predicted molar refractivity (Wildman–Crippen MR) is 135 cm³/mol. The molecule has 0 radical (unpaired) electrons. The van der Waals surface area contributed by atoms with Crippen molar-refractivity contribution in [1.82, 2.24) is 4.90 Å². The van der Waals surface area contributed by atoms with Gasteiger partial charge in [0.2, 0.25) is 0 Å². The molecule has 5 rings (SSSR count). The first-order valence-corrected chi connectivity index (χ1v) is 13.1. The summed E-state index contributed by atoms with van der Waals surface area (Å²) < 4.78 is 2.08. The van der Waals surface area contributed by atoms with Crippen molar-refractivity contribution in [3.8, 4) is 0 Å². The highest BCUT2D eigenvalue weighted by molar-refractivity contribution is 9.10. The summed E-state index contributed by atoms with van der Waals surface area (Å²) in [6, 6.07) is 12.3. The van der Waals surface area contributed by atoms with Crippen LogP contribution < -0.4 is 5.32 Å². The van der Waals surface area contributed by atoms with Crippen LogP contribution in [0.25, 0.3) is 10.1 Å². The fourth-order valence-corrected chi connectivity index (χ4v) is 6.59. The minimum atomic E-state index is -0.142. The van der Waals surface area contributed by atoms with Crippen LogP contribution >= 0.6 is 38.9 Å². The van der Waals surface area contributed by atoms with Crippen LogP contribution in [0.15, 0.2) is 46.3 Å². The van der Waals surface area contributed by atoms with Gasteiger partial charge >= 0.3 is 0 Å². The van der Waals surface area contributed by atoms with Crippen LogP contribution in [0.4, 0.5) is 5.69 Å². The summed E-state index contributed by atoms with van der Waals surface area (Å²) in [5.41, 5.74) is 2.85. The molecule has 2 atom stereocenters. The molecule has 3 heterocycles. The molecular weight excluding hydrogens is 492 g/mol. The summed E-state index contributed by atoms with van der Waals surface area (Å²) in [5.74, 6) is 0.465. The number of hydrogen-bond donors (Lipinski definition) is 1. The van der Waals surface area contributed by atoms with Crippen molar-refractivity contribution in [2.45, 2.75) is 50.5 Å². The zero-order valence-corrected chi connectivity index (χ0v) is 20.5. The third kappa shape index (κ3) is 4.56. The van der Waals surface area contributed by atoms with Crippen molar-refractivity contribution in [3.05, 3.63) is 62.4 Å². The fourth-order valence-electron chi connectivity index (χ4n) is 5.14. The van der Waals surface area contributed by atoms with Gasteiger partial charge in [-0.2, -0.15) is 0 Å². The van der Waals surface area contributed by atoms with E-state index < -0.39 is 0 Å². The zero-order chi connectivity index (χ0) is 21.4. The van der Waals surface area contributed by atoms with E-state index in [1.165, 1.54) is 67.3 Å². The summed E-state index contributed by atoms with van der Waals surface area (Å²) in [7, 11) is 0. The van der Waals surface area contributed by atoms with Crippen LogP contribution in [0.5, 0.6) is 0 Å². The van der Waals surface area contributed by atoms with E-state index in [9.17, 15) is 4.79 Å². The van der Waals surface area contributed by atoms with E-state index >= 15 is 0 Å². The van der Waals surface area contributed by atoms with E-state index in [1.807, 2.05) is 17.4 Å². The Morgan fingerprint density at radius 1 is 1.06 bits per heavy atom. The Morgan fingerprint density at radius 2 is 1.97 bits per heavy atom. The Bertz CT molecular complexity index is 1100. The molecule has 2 saturated heterocycles. The normalized spacial score (nSPS) is 22.1. The molecular formula is C25H26BrClN2OS. The number of amides is 1. The summed E-state index contributed by atoms with van der Waals surface area (Å²) >= 11 is 11.4. The maximum atomic E-state index is 12.7. The molecule has 3 aromatic rings. The lowest BCUT2D eigenvalue weighted by molar-refractivity contribution is 0.102. The van der Waals surface area contributed by atoms with Crippen molar-refractivity contribution >= 4 is 60.5 Å². The highest BCUT2D eigenvalue weighted by atomic mass is 79.9. The first-order chi connectivity index (χ1) is 15.1. The van der Waals surface area contributed by atoms with E-state index in [1.54, 1.807) is 18.2 Å². The minimum absolute atomic E-state index is 0.142. The van der Waals surface area contributed by atoms with Crippen LogP contribution in [-0.2, 0) is 0 Å². The van der Waals surface area contributed by atoms with Crippen molar-refractivity contribution < 1.29 is 4.79 Å². The Labute approximate surface area is 200 Å². The minimum Gasteiger partial charge on any atom is -0.322 e. The summed E-state index contributed by atoms with van der Waals surface area (Å²) in [5, 5.41) is 7.23. The van der Waals surface area contributed by atoms with Gasteiger partial charge in [-0.3, -0.25) is 4.79 Å². The third-order valence-corrected chi connectivity index (χ3v) is 9.06. The topological polar surface area (TPSA) is 32.3 Å². The molecule has 2 aliphatic rings. The summed E-state index contributed by atoms with van der Waals surface area (Å²) in [6.45, 7) is 2.49. The van der Waals surface area contributed by atoms with Gasteiger partial charge in [-0.05, 0) is 120 Å². The molecule has 162 valence electrons. The average molecular weight is 518 g/mol. The van der Waals surface area contributed by atoms with E-state index in [2.05, 4.69) is 43.7 Å². The standard InChI is InChI=1S/C25H26BrClN2OS/c26-22-8-5-17(13-23(22)27)25(30)28-18-6-9-24-20(14-18)21(15-31-24)16-4-7-19-3-1-2-11-29(19)12-10-16/h5-6,8-9,13-16,19H,1-4,7,10-12H2,(H,28,30). The van der Waals surface area contributed by atoms with Crippen LogP contribution in [0, 0.1) is 0 Å². The molecule has 0 bridgehead atoms. The molecule has 6 heteroatoms. The average Bonchev–Trinajstić information content (AvgIpc) is 3.07. The number of thiophene rings is 1. The second kappa shape index (κ2) is 9.22. The van der Waals surface area contributed by atoms with Crippen molar-refractivity contribution in [3.63, 3.8) is 0 Å². The van der Waals surface area contributed by atoms with E-state index in [-0.39, 0.29) is 5.91 Å². The Morgan fingerprint density at radius 3 is 2.84 bits per heavy atom. The lowest BCUT2D eigenvalue weighted by Gasteiger charge is -2.33. The second-order valence-corrected chi connectivity index (χ2v) is 10.9. The van der Waals surface area contributed by atoms with Crippen molar-refractivity contribution in [2.24, 2.45) is 0 Å². The molecule has 2 unspecified atom stereocenters. The van der Waals surface area contributed by atoms with Crippen LogP contribution in [-0.4, -0.2) is 29.9 Å². The van der Waals surface area contributed by atoms with Gasteiger partial charge in [-0.25, -0.2) is 0 Å². The van der Waals surface area contributed by atoms with Gasteiger partial charge in [0.05, 0.1) is 5.02 Å². The highest BCUT2D eigenvalue weighted by Crippen LogP contribution is 2.40. The molecule has 31 heavy (non-hydrogen) atoms. The number of piperidine rings is 1. The lowest BCUT2D eigenvalue weighted by atomic mass is 9.90. The molecule has 2 aliphatic heterocycles. The number of rotatable bonds is 3. The summed E-state index contributed by atoms with van der Waals surface area (Å²) in [6.07, 6.45) is 7.92. The first-order valence-electron chi connectivity index (χ1n) is 11.1. The number of fused-ring (bicyclic) bond motifs is 2. The van der Waals surface area contributed by atoms with Crippen molar-refractivity contribution in [1.29, 1.82) is 0 Å². The smallest absolute Gasteiger partial charge is 0.255 e. The van der Waals surface area contributed by atoms with Gasteiger partial charge in [0.1, 0.15) is 0 Å². The quantitative estimate of drug-likeness (QED) is 0.386.